The highest BCUT2D eigenvalue weighted by Crippen LogP contribution is 2.42. The number of aliphatic hydroxyl groups is 32. The molecule has 776 valence electrons. The second-order valence-corrected chi connectivity index (χ2v) is 32.7. The Balaban J connectivity index is 0.00000595. The van der Waals surface area contributed by atoms with Crippen molar-refractivity contribution in [2.75, 3.05) is 72.7 Å². The maximum Gasteiger partial charge on any atom is 0.217 e. The lowest BCUT2D eigenvalue weighted by Crippen LogP contribution is -2.70. The van der Waals surface area contributed by atoms with Gasteiger partial charge in [-0.2, -0.15) is 0 Å². The summed E-state index contributed by atoms with van der Waals surface area (Å²) in [4.78, 5) is 25.5. The van der Waals surface area contributed by atoms with Crippen LogP contribution in [0.2, 0.25) is 0 Å². The van der Waals surface area contributed by atoms with E-state index in [1.165, 1.54) is 6.92 Å². The minimum Gasteiger partial charge on any atom is -0.394 e. The van der Waals surface area contributed by atoms with Crippen LogP contribution in [0.5, 0.6) is 0 Å². The third kappa shape index (κ3) is 24.7. The summed E-state index contributed by atoms with van der Waals surface area (Å²) in [5, 5.41) is 362. The molecule has 34 N–H and O–H groups in total. The van der Waals surface area contributed by atoms with Gasteiger partial charge in [0.25, 0.3) is 0 Å². The number of nitrogens with one attached hydrogen (secondary N) is 2. The molecule has 132 heavy (non-hydrogen) atoms. The van der Waals surface area contributed by atoms with E-state index in [1.54, 1.807) is 0 Å². The van der Waals surface area contributed by atoms with Gasteiger partial charge in [-0.1, -0.05) is 29.7 Å². The van der Waals surface area contributed by atoms with E-state index in [4.69, 9.17) is 99.5 Å². The van der Waals surface area contributed by atoms with Crippen molar-refractivity contribution < 1.29 is 272 Å². The van der Waals surface area contributed by atoms with E-state index in [0.717, 1.165) is 13.8 Å². The van der Waals surface area contributed by atoms with Crippen molar-refractivity contribution in [3.63, 3.8) is 0 Å². The van der Waals surface area contributed by atoms with Crippen molar-refractivity contribution >= 4 is 11.8 Å². The van der Waals surface area contributed by atoms with E-state index in [-0.39, 0.29) is 29.7 Å². The Bertz CT molecular complexity index is 3390. The van der Waals surface area contributed by atoms with Gasteiger partial charge in [-0.05, 0) is 6.92 Å². The molecule has 0 bridgehead atoms. The lowest BCUT2D eigenvalue weighted by atomic mass is 9.92. The molecule has 57 heteroatoms. The van der Waals surface area contributed by atoms with E-state index in [2.05, 4.69) is 10.6 Å². The summed E-state index contributed by atoms with van der Waals surface area (Å²) in [6.07, 6.45) is -115. The average molecular weight is 1950 g/mol. The van der Waals surface area contributed by atoms with E-state index < -0.39 is 422 Å². The first-order valence-corrected chi connectivity index (χ1v) is 41.0. The van der Waals surface area contributed by atoms with E-state index >= 15 is 0 Å². The molecule has 11 rings (SSSR count). The molecule has 55 atom stereocenters. The molecule has 0 aromatic carbocycles. The molecule has 0 aromatic heterocycles. The van der Waals surface area contributed by atoms with Gasteiger partial charge in [-0.3, -0.25) is 9.59 Å². The fourth-order valence-electron chi connectivity index (χ4n) is 16.7. The van der Waals surface area contributed by atoms with E-state index in [9.17, 15) is 173 Å². The molecule has 0 saturated carbocycles. The third-order valence-electron chi connectivity index (χ3n) is 24.0. The number of amides is 2. The molecule has 11 heterocycles. The van der Waals surface area contributed by atoms with Crippen LogP contribution < -0.4 is 10.6 Å². The van der Waals surface area contributed by atoms with Gasteiger partial charge in [0.1, 0.15) is 262 Å². The minimum absolute atomic E-state index is 0. The summed E-state index contributed by atoms with van der Waals surface area (Å²) in [6.45, 7) is -9.06. The first-order chi connectivity index (χ1) is 60.7. The average Bonchev–Trinajstić information content (AvgIpc) is 0.752. The summed E-state index contributed by atoms with van der Waals surface area (Å²) >= 11 is 0. The molecule has 11 saturated heterocycles. The quantitative estimate of drug-likeness (QED) is 0.0290. The van der Waals surface area contributed by atoms with Gasteiger partial charge < -0.3 is 274 Å². The van der Waals surface area contributed by atoms with Gasteiger partial charge >= 0.3 is 0 Å². The van der Waals surface area contributed by atoms with Crippen molar-refractivity contribution in [1.82, 2.24) is 10.6 Å². The maximum atomic E-state index is 13.2. The molecule has 11 fully saturated rings. The molecule has 0 spiro atoms. The van der Waals surface area contributed by atoms with Gasteiger partial charge in [-0.25, -0.2) is 0 Å². The van der Waals surface area contributed by atoms with Crippen molar-refractivity contribution in [3.05, 3.63) is 0 Å². The Morgan fingerprint density at radius 2 is 0.432 bits per heavy atom. The van der Waals surface area contributed by atoms with Crippen LogP contribution in [0.25, 0.3) is 0 Å². The highest BCUT2D eigenvalue weighted by atomic mass is 16.8. The molecule has 0 aliphatic carbocycles. The lowest BCUT2D eigenvalue weighted by Gasteiger charge is -2.51. The summed E-state index contributed by atoms with van der Waals surface area (Å²) in [7, 11) is 0. The van der Waals surface area contributed by atoms with Gasteiger partial charge in [0.2, 0.25) is 11.8 Å². The number of carbonyl (C=O) groups is 2. The molecule has 22 unspecified atom stereocenters. The summed E-state index contributed by atoms with van der Waals surface area (Å²) in [5.41, 5.74) is 0. The van der Waals surface area contributed by atoms with Crippen molar-refractivity contribution in [1.29, 1.82) is 0 Å². The first-order valence-electron chi connectivity index (χ1n) is 41.0. The Morgan fingerprint density at radius 3 is 0.765 bits per heavy atom. The molecule has 2 amide bonds. The summed E-state index contributed by atoms with van der Waals surface area (Å²) in [6, 6.07) is -3.20. The SMILES string of the molecule is C.C.C.C.CC(=O)NC1[C@H](O[C@@H]2C(CO)O[C@@H](C)C(NC(C)=O)[C@H]2O)OC(CO)[C@@H](O[C@@H]2OC(CO[C@H]3OC(CO[C@H]4OC(CO)[C@@H](O)[C@H](O)C4O[C@H]4OC(CO)[C@@H](O)[C@H](O)C4O)[C@@H](O)[C@H](O[C@H]4O[C@@H](CO)[C@@H](O)C(O)C4O[C@H]4O[C@@H](CO)[C@@H](O)C(O)C4O)C3O)[C@@H](O)[C@H](O[C@H]3O[C@@H](CO)[C@@H](O)C(O)C3O[C@H]3O[C@@H](CO)[C@@H](O)C(O)C3O[C@H]3O[C@@H](CO)[C@@H](O)C(O)C3O)C2O)[C@@H]1O. The Labute approximate surface area is 753 Å². The number of hydrogen-bond acceptors (Lipinski definition) is 55. The smallest absolute Gasteiger partial charge is 0.217 e. The van der Waals surface area contributed by atoms with E-state index in [1.807, 2.05) is 0 Å². The predicted molar refractivity (Wildman–Crippen MR) is 416 cm³/mol. The predicted octanol–water partition coefficient (Wildman–Crippen LogP) is -21.1. The Hall–Kier alpha value is -3.18. The van der Waals surface area contributed by atoms with Crippen LogP contribution in [0.15, 0.2) is 0 Å². The zero-order valence-corrected chi connectivity index (χ0v) is 68.2. The van der Waals surface area contributed by atoms with Crippen molar-refractivity contribution in [2.45, 2.75) is 388 Å². The van der Waals surface area contributed by atoms with Gasteiger partial charge in [0.05, 0.1) is 84.8 Å². The summed E-state index contributed by atoms with van der Waals surface area (Å²) < 4.78 is 125. The van der Waals surface area contributed by atoms with E-state index in [0.29, 0.717) is 0 Å². The number of carbonyl (C=O) groups excluding carboxylic acids is 2. The molecule has 11 aliphatic rings. The summed E-state index contributed by atoms with van der Waals surface area (Å²) in [5.74, 6) is -1.62. The maximum absolute atomic E-state index is 13.2. The Morgan fingerprint density at radius 1 is 0.212 bits per heavy atom. The minimum atomic E-state index is -2.67. The van der Waals surface area contributed by atoms with Crippen LogP contribution in [0.3, 0.4) is 0 Å². The second-order valence-electron chi connectivity index (χ2n) is 32.7. The van der Waals surface area contributed by atoms with Gasteiger partial charge in [0, 0.05) is 13.8 Å². The van der Waals surface area contributed by atoms with Crippen LogP contribution in [0.1, 0.15) is 50.5 Å². The molecule has 0 aromatic rings. The fraction of sp³-hybridized carbons (Fsp3) is 0.973. The second kappa shape index (κ2) is 50.5. The number of hydrogen-bond donors (Lipinski definition) is 34. The van der Waals surface area contributed by atoms with Gasteiger partial charge in [-0.15, -0.1) is 0 Å². The van der Waals surface area contributed by atoms with Crippen LogP contribution >= 0.6 is 0 Å². The Kier molecular flexibility index (Phi) is 44.3. The molecular weight excluding hydrogens is 1810 g/mol. The lowest BCUT2D eigenvalue weighted by molar-refractivity contribution is -0.408. The zero-order valence-electron chi connectivity index (χ0n) is 68.2. The number of ether oxygens (including phenoxy) is 21. The molecule has 0 radical (unpaired) electrons. The molecular formula is C75H136N2O55. The topological polar surface area (TPSA) is 899 Å². The van der Waals surface area contributed by atoms with Crippen molar-refractivity contribution in [3.8, 4) is 0 Å². The fourth-order valence-corrected chi connectivity index (χ4v) is 16.7. The standard InChI is InChI=1S/C71H120N2O55.4CH4/c1-15-29(72-16(2)83)40(94)54(25(11-81)110-15)121-62-30(73-17(3)84)41(95)55(26(12-82)118-62)122-67-53(107)57(124-70-61(48(102)37(91)23(9-79)116-70)128-71-60(47(101)36(90)24(10-80)117-71)127-66-51(105)44(98)33(87)20(6-76)113-66)39(93)28(120-67)13-108-63-52(106)56(123-69-59(46(100)35(89)22(8-78)115-69)126-65-50(104)43(97)32(86)19(5-75)112-65)38(92)27(119-63)14-109-68-58(45(99)34(88)21(7-77)114-68)125-64-49(103)42(96)31(85)18(4-74)111-64;;;;/h15,18-71,74-82,85-107H,4-14H2,1-3H3,(H,72,83)(H,73,84);4*1H4/t15-,18?,19-,20-,21?,22-,23-,24-,25?,26?,27?,28?,29?,30?,31+,32+,33+,34+,35+,36+,37+,38+,39+,40+,41+,42-,43?,44?,45-,46?,47?,48?,49?,50?,51?,52?,53?,54+,55+,56-,57-,58?,59?,60?,61?,62-,63-,64+,65+,66+,67-,68-,69+,70+,71+;;;;/m0..../s1. The van der Waals surface area contributed by atoms with Crippen LogP contribution in [0, 0.1) is 0 Å². The zero-order chi connectivity index (χ0) is 94.0. The third-order valence-corrected chi connectivity index (χ3v) is 24.0. The highest BCUT2D eigenvalue weighted by Gasteiger charge is 2.62. The monoisotopic (exact) mass is 1940 g/mol. The largest absolute Gasteiger partial charge is 0.394 e. The highest BCUT2D eigenvalue weighted by molar-refractivity contribution is 5.73. The normalized spacial score (nSPS) is 50.1. The van der Waals surface area contributed by atoms with Crippen LogP contribution in [-0.4, -0.2) is 585 Å². The van der Waals surface area contributed by atoms with Gasteiger partial charge in [0.15, 0.2) is 62.9 Å². The first kappa shape index (κ1) is 116. The number of aliphatic hydroxyl groups excluding tert-OH is 32. The van der Waals surface area contributed by atoms with Crippen molar-refractivity contribution in [2.24, 2.45) is 0 Å². The molecule has 11 aliphatic heterocycles. The van der Waals surface area contributed by atoms with Crippen LogP contribution in [0.4, 0.5) is 0 Å². The van der Waals surface area contributed by atoms with Crippen LogP contribution in [-0.2, 0) is 109 Å². The number of rotatable bonds is 33. The molecule has 57 nitrogen and oxygen atoms in total.